The van der Waals surface area contributed by atoms with Crippen LogP contribution in [-0.2, 0) is 9.47 Å². The SMILES string of the molecule is CC.CC.CO.CO.[B]C1CCC(COC)O1. The largest absolute Gasteiger partial charge is 0.400 e. The summed E-state index contributed by atoms with van der Waals surface area (Å²) < 4.78 is 10.1. The molecular weight excluding hydrogens is 219 g/mol. The second-order valence-electron chi connectivity index (χ2n) is 2.33. The van der Waals surface area contributed by atoms with Crippen molar-refractivity contribution in [2.75, 3.05) is 27.9 Å². The van der Waals surface area contributed by atoms with Crippen LogP contribution in [0.1, 0.15) is 40.5 Å². The lowest BCUT2D eigenvalue weighted by atomic mass is 9.97. The fourth-order valence-corrected chi connectivity index (χ4v) is 1.04. The Morgan fingerprint density at radius 3 is 1.71 bits per heavy atom. The fraction of sp³-hybridized carbons (Fsp3) is 1.00. The second-order valence-corrected chi connectivity index (χ2v) is 2.33. The lowest BCUT2D eigenvalue weighted by molar-refractivity contribution is 0.0251. The van der Waals surface area contributed by atoms with E-state index in [2.05, 4.69) is 0 Å². The highest BCUT2D eigenvalue weighted by atomic mass is 16.5. The van der Waals surface area contributed by atoms with Gasteiger partial charge in [-0.1, -0.05) is 27.7 Å². The predicted molar refractivity (Wildman–Crippen MR) is 74.5 cm³/mol. The van der Waals surface area contributed by atoms with Crippen molar-refractivity contribution in [3.63, 3.8) is 0 Å². The van der Waals surface area contributed by atoms with Crippen LogP contribution in [0.5, 0.6) is 0 Å². The quantitative estimate of drug-likeness (QED) is 0.730. The van der Waals surface area contributed by atoms with Crippen molar-refractivity contribution in [2.45, 2.75) is 52.6 Å². The molecule has 0 bridgehead atoms. The Labute approximate surface area is 109 Å². The van der Waals surface area contributed by atoms with Crippen molar-refractivity contribution in [3.05, 3.63) is 0 Å². The van der Waals surface area contributed by atoms with Crippen LogP contribution in [0.25, 0.3) is 0 Å². The molecule has 0 aliphatic carbocycles. The molecule has 5 heteroatoms. The zero-order valence-electron chi connectivity index (χ0n) is 12.6. The smallest absolute Gasteiger partial charge is 0.109 e. The Balaban J connectivity index is -0.0000000905. The summed E-state index contributed by atoms with van der Waals surface area (Å²) in [4.78, 5) is 0. The molecule has 0 aromatic rings. The van der Waals surface area contributed by atoms with Crippen molar-refractivity contribution in [1.82, 2.24) is 0 Å². The molecule has 2 atom stereocenters. The Hall–Kier alpha value is -0.0951. The lowest BCUT2D eigenvalue weighted by Gasteiger charge is -2.08. The zero-order valence-corrected chi connectivity index (χ0v) is 12.6. The Morgan fingerprint density at radius 1 is 1.06 bits per heavy atom. The molecule has 0 saturated carbocycles. The molecule has 1 rings (SSSR count). The highest BCUT2D eigenvalue weighted by Gasteiger charge is 2.20. The van der Waals surface area contributed by atoms with Crippen molar-refractivity contribution in [1.29, 1.82) is 0 Å². The molecule has 2 unspecified atom stereocenters. The first-order valence-corrected chi connectivity index (χ1v) is 6.12. The van der Waals surface area contributed by atoms with Gasteiger partial charge in [-0.15, -0.1) is 0 Å². The predicted octanol–water partition coefficient (Wildman–Crippen LogP) is 1.58. The number of rotatable bonds is 2. The molecular formula is C12H31BO4. The maximum Gasteiger partial charge on any atom is 0.109 e. The highest BCUT2D eigenvalue weighted by molar-refractivity contribution is 6.11. The van der Waals surface area contributed by atoms with E-state index in [1.54, 1.807) is 7.11 Å². The minimum atomic E-state index is -0.0508. The summed E-state index contributed by atoms with van der Waals surface area (Å²) in [5.41, 5.74) is 0. The molecule has 0 aromatic heterocycles. The van der Waals surface area contributed by atoms with Crippen LogP contribution in [0, 0.1) is 0 Å². The summed E-state index contributed by atoms with van der Waals surface area (Å²) in [7, 11) is 9.15. The van der Waals surface area contributed by atoms with Crippen LogP contribution in [0.3, 0.4) is 0 Å². The number of hydrogen-bond acceptors (Lipinski definition) is 4. The standard InChI is InChI=1S/C6H11BO2.2C2H6.2CH4O/c1-8-4-5-2-3-6(7)9-5;4*1-2/h5-6H,2-4H2,1H3;2*1-2H3;2*2H,1H3. The van der Waals surface area contributed by atoms with E-state index in [0.29, 0.717) is 6.61 Å². The molecule has 1 heterocycles. The van der Waals surface area contributed by atoms with E-state index in [0.717, 1.165) is 27.1 Å². The Bertz CT molecular complexity index is 92.6. The third kappa shape index (κ3) is 21.7. The summed E-state index contributed by atoms with van der Waals surface area (Å²) in [5, 5.41) is 14.0. The molecule has 0 amide bonds. The monoisotopic (exact) mass is 250 g/mol. The number of aliphatic hydroxyl groups excluding tert-OH is 2. The van der Waals surface area contributed by atoms with Gasteiger partial charge in [-0.3, -0.25) is 0 Å². The van der Waals surface area contributed by atoms with Gasteiger partial charge < -0.3 is 19.7 Å². The van der Waals surface area contributed by atoms with Gasteiger partial charge in [0.05, 0.1) is 12.7 Å². The van der Waals surface area contributed by atoms with Gasteiger partial charge in [-0.2, -0.15) is 0 Å². The van der Waals surface area contributed by atoms with Crippen molar-refractivity contribution in [2.24, 2.45) is 0 Å². The molecule has 1 aliphatic heterocycles. The van der Waals surface area contributed by atoms with Crippen LogP contribution in [0.2, 0.25) is 0 Å². The van der Waals surface area contributed by atoms with Crippen LogP contribution in [0.4, 0.5) is 0 Å². The van der Waals surface area contributed by atoms with Crippen molar-refractivity contribution < 1.29 is 19.7 Å². The summed E-state index contributed by atoms with van der Waals surface area (Å²) in [6, 6.07) is -0.0508. The van der Waals surface area contributed by atoms with Gasteiger partial charge in [0.25, 0.3) is 0 Å². The zero-order chi connectivity index (χ0) is 14.7. The number of hydrogen-bond donors (Lipinski definition) is 2. The van der Waals surface area contributed by atoms with Crippen LogP contribution < -0.4 is 0 Å². The molecule has 17 heavy (non-hydrogen) atoms. The molecule has 106 valence electrons. The molecule has 0 spiro atoms. The van der Waals surface area contributed by atoms with E-state index >= 15 is 0 Å². The number of aliphatic hydroxyl groups is 2. The Kier molecular flexibility index (Phi) is 44.9. The molecule has 2 N–H and O–H groups in total. The van der Waals surface area contributed by atoms with Gasteiger partial charge in [0.1, 0.15) is 7.85 Å². The summed E-state index contributed by atoms with van der Waals surface area (Å²) in [6.07, 6.45) is 2.24. The first kappa shape index (κ1) is 25.7. The van der Waals surface area contributed by atoms with Crippen LogP contribution in [0.15, 0.2) is 0 Å². The highest BCUT2D eigenvalue weighted by Crippen LogP contribution is 2.16. The maximum absolute atomic E-state index is 7.00. The number of ether oxygens (including phenoxy) is 2. The fourth-order valence-electron chi connectivity index (χ4n) is 1.04. The first-order valence-electron chi connectivity index (χ1n) is 6.12. The molecule has 0 aromatic carbocycles. The van der Waals surface area contributed by atoms with E-state index in [1.165, 1.54) is 0 Å². The number of methoxy groups -OCH3 is 1. The molecule has 1 fully saturated rings. The van der Waals surface area contributed by atoms with Crippen molar-refractivity contribution >= 4 is 7.85 Å². The average molecular weight is 250 g/mol. The summed E-state index contributed by atoms with van der Waals surface area (Å²) in [6.45, 7) is 8.67. The topological polar surface area (TPSA) is 58.9 Å². The third-order valence-electron chi connectivity index (χ3n) is 1.49. The minimum Gasteiger partial charge on any atom is -0.400 e. The summed E-state index contributed by atoms with van der Waals surface area (Å²) in [5.74, 6) is 0. The second kappa shape index (κ2) is 29.7. The van der Waals surface area contributed by atoms with Gasteiger partial charge in [-0.25, -0.2) is 0 Å². The molecule has 4 nitrogen and oxygen atoms in total. The van der Waals surface area contributed by atoms with Gasteiger partial charge in [0, 0.05) is 27.3 Å². The minimum absolute atomic E-state index is 0.0508. The van der Waals surface area contributed by atoms with Crippen LogP contribution in [-0.4, -0.2) is 58.1 Å². The lowest BCUT2D eigenvalue weighted by Crippen LogP contribution is -2.15. The maximum atomic E-state index is 7.00. The average Bonchev–Trinajstić information content (AvgIpc) is 2.85. The molecule has 1 aliphatic rings. The first-order chi connectivity index (χ1) is 8.33. The van der Waals surface area contributed by atoms with E-state index < -0.39 is 0 Å². The summed E-state index contributed by atoms with van der Waals surface area (Å²) >= 11 is 0. The Morgan fingerprint density at radius 2 is 1.47 bits per heavy atom. The van der Waals surface area contributed by atoms with E-state index in [9.17, 15) is 0 Å². The van der Waals surface area contributed by atoms with Crippen LogP contribution >= 0.6 is 0 Å². The van der Waals surface area contributed by atoms with Crippen molar-refractivity contribution in [3.8, 4) is 0 Å². The molecule has 1 saturated heterocycles. The normalized spacial score (nSPS) is 20.1. The third-order valence-corrected chi connectivity index (χ3v) is 1.49. The van der Waals surface area contributed by atoms with E-state index in [-0.39, 0.29) is 12.1 Å². The molecule has 2 radical (unpaired) electrons. The van der Waals surface area contributed by atoms with Gasteiger partial charge in [0.2, 0.25) is 0 Å². The van der Waals surface area contributed by atoms with E-state index in [4.69, 9.17) is 27.5 Å². The van der Waals surface area contributed by atoms with E-state index in [1.807, 2.05) is 27.7 Å². The van der Waals surface area contributed by atoms with Gasteiger partial charge in [0.15, 0.2) is 0 Å². The van der Waals surface area contributed by atoms with Gasteiger partial charge in [-0.05, 0) is 12.8 Å². The van der Waals surface area contributed by atoms with Gasteiger partial charge >= 0.3 is 0 Å².